The molecule has 0 radical (unpaired) electrons. The quantitative estimate of drug-likeness (QED) is 0.767. The van der Waals surface area contributed by atoms with E-state index in [0.29, 0.717) is 12.2 Å². The van der Waals surface area contributed by atoms with E-state index in [0.717, 1.165) is 35.5 Å². The van der Waals surface area contributed by atoms with Crippen LogP contribution in [0.2, 0.25) is 0 Å². The largest absolute Gasteiger partial charge is 0.390 e. The van der Waals surface area contributed by atoms with Crippen molar-refractivity contribution in [1.82, 2.24) is 19.7 Å². The Morgan fingerprint density at radius 1 is 1.19 bits per heavy atom. The predicted molar refractivity (Wildman–Crippen MR) is 78.7 cm³/mol. The highest BCUT2D eigenvalue weighted by atomic mass is 16.3. The molecule has 0 unspecified atom stereocenters. The topological polar surface area (TPSA) is 67.1 Å². The van der Waals surface area contributed by atoms with Crippen LogP contribution in [0.3, 0.4) is 0 Å². The second kappa shape index (κ2) is 4.82. The first-order chi connectivity index (χ1) is 10.3. The number of aromatic nitrogens is 4. The van der Waals surface area contributed by atoms with Crippen LogP contribution in [0.4, 0.5) is 5.82 Å². The molecule has 0 saturated heterocycles. The van der Waals surface area contributed by atoms with Crippen molar-refractivity contribution in [2.75, 3.05) is 11.4 Å². The molecule has 2 aromatic heterocycles. The van der Waals surface area contributed by atoms with Crippen LogP contribution in [-0.2, 0) is 19.7 Å². The van der Waals surface area contributed by atoms with Gasteiger partial charge in [0.1, 0.15) is 12.1 Å². The summed E-state index contributed by atoms with van der Waals surface area (Å²) in [6.07, 6.45) is 1.77. The molecule has 0 aliphatic carbocycles. The summed E-state index contributed by atoms with van der Waals surface area (Å²) in [5, 5.41) is 19.7. The zero-order chi connectivity index (χ0) is 14.2. The van der Waals surface area contributed by atoms with Gasteiger partial charge >= 0.3 is 0 Å². The number of anilines is 1. The maximum absolute atomic E-state index is 9.44. The first-order valence-electron chi connectivity index (χ1n) is 6.96. The fourth-order valence-electron chi connectivity index (χ4n) is 2.80. The van der Waals surface area contributed by atoms with Crippen molar-refractivity contribution in [3.8, 4) is 0 Å². The summed E-state index contributed by atoms with van der Waals surface area (Å²) in [6.45, 7) is 2.34. The number of benzene rings is 1. The molecule has 1 N–H and O–H groups in total. The number of rotatable bonds is 2. The Labute approximate surface area is 121 Å². The molecular formula is C15H15N5O. The summed E-state index contributed by atoms with van der Waals surface area (Å²) >= 11 is 0. The fourth-order valence-corrected chi connectivity index (χ4v) is 2.80. The average molecular weight is 281 g/mol. The molecule has 0 spiro atoms. The van der Waals surface area contributed by atoms with Crippen molar-refractivity contribution in [1.29, 1.82) is 0 Å². The normalized spacial score (nSPS) is 14.4. The highest BCUT2D eigenvalue weighted by Crippen LogP contribution is 2.28. The molecule has 21 heavy (non-hydrogen) atoms. The number of nitrogens with zero attached hydrogens (tertiary/aromatic N) is 5. The molecule has 4 rings (SSSR count). The Morgan fingerprint density at radius 3 is 3.00 bits per heavy atom. The van der Waals surface area contributed by atoms with Crippen molar-refractivity contribution >= 4 is 16.6 Å². The van der Waals surface area contributed by atoms with E-state index in [2.05, 4.69) is 30.7 Å². The Morgan fingerprint density at radius 2 is 2.10 bits per heavy atom. The van der Waals surface area contributed by atoms with Gasteiger partial charge in [0.2, 0.25) is 0 Å². The van der Waals surface area contributed by atoms with E-state index < -0.39 is 0 Å². The smallest absolute Gasteiger partial charge is 0.152 e. The van der Waals surface area contributed by atoms with Gasteiger partial charge in [-0.25, -0.2) is 4.98 Å². The predicted octanol–water partition coefficient (Wildman–Crippen LogP) is 1.34. The van der Waals surface area contributed by atoms with Gasteiger partial charge in [0.05, 0.1) is 18.8 Å². The van der Waals surface area contributed by atoms with E-state index >= 15 is 0 Å². The molecule has 1 aromatic carbocycles. The lowest BCUT2D eigenvalue weighted by Crippen LogP contribution is -2.34. The lowest BCUT2D eigenvalue weighted by molar-refractivity contribution is 0.277. The van der Waals surface area contributed by atoms with Gasteiger partial charge in [-0.15, -0.1) is 10.2 Å². The summed E-state index contributed by atoms with van der Waals surface area (Å²) in [5.74, 6) is 1.85. The number of fused-ring (bicyclic) bond motifs is 2. The molecule has 0 amide bonds. The third-order valence-electron chi connectivity index (χ3n) is 3.87. The number of aliphatic hydroxyl groups is 1. The molecule has 106 valence electrons. The van der Waals surface area contributed by atoms with Crippen LogP contribution in [0.5, 0.6) is 0 Å². The van der Waals surface area contributed by atoms with Gasteiger partial charge in [0, 0.05) is 18.5 Å². The minimum absolute atomic E-state index is 0.0537. The maximum atomic E-state index is 9.44. The number of pyridine rings is 1. The maximum Gasteiger partial charge on any atom is 0.152 e. The van der Waals surface area contributed by atoms with E-state index in [1.54, 1.807) is 6.33 Å². The third kappa shape index (κ3) is 2.04. The minimum Gasteiger partial charge on any atom is -0.390 e. The molecule has 1 aliphatic rings. The molecule has 1 aliphatic heterocycles. The number of aliphatic hydroxyl groups excluding tert-OH is 1. The highest BCUT2D eigenvalue weighted by Gasteiger charge is 2.20. The van der Waals surface area contributed by atoms with Crippen LogP contribution in [0.25, 0.3) is 10.8 Å². The fraction of sp³-hybridized carbons (Fsp3) is 0.267. The second-order valence-corrected chi connectivity index (χ2v) is 5.18. The molecule has 0 atom stereocenters. The SMILES string of the molecule is OCc1cc2ccccc2c(N2CCn3cnnc3C2)n1. The van der Waals surface area contributed by atoms with E-state index in [1.807, 2.05) is 24.3 Å². The van der Waals surface area contributed by atoms with Gasteiger partial charge in [-0.3, -0.25) is 0 Å². The van der Waals surface area contributed by atoms with Gasteiger partial charge in [-0.05, 0) is 11.5 Å². The molecule has 0 fully saturated rings. The van der Waals surface area contributed by atoms with Gasteiger partial charge in [0.15, 0.2) is 5.82 Å². The van der Waals surface area contributed by atoms with Gasteiger partial charge in [0.25, 0.3) is 0 Å². The molecule has 6 heteroatoms. The Kier molecular flexibility index (Phi) is 2.82. The Bertz CT molecular complexity index is 798. The Hall–Kier alpha value is -2.47. The van der Waals surface area contributed by atoms with Crippen LogP contribution in [0.15, 0.2) is 36.7 Å². The van der Waals surface area contributed by atoms with E-state index in [4.69, 9.17) is 0 Å². The molecule has 3 heterocycles. The van der Waals surface area contributed by atoms with Crippen LogP contribution >= 0.6 is 0 Å². The lowest BCUT2D eigenvalue weighted by atomic mass is 10.1. The molecule has 6 nitrogen and oxygen atoms in total. The lowest BCUT2D eigenvalue weighted by Gasteiger charge is -2.29. The van der Waals surface area contributed by atoms with Gasteiger partial charge in [-0.2, -0.15) is 0 Å². The van der Waals surface area contributed by atoms with Crippen LogP contribution in [-0.4, -0.2) is 31.4 Å². The zero-order valence-electron chi connectivity index (χ0n) is 11.5. The van der Waals surface area contributed by atoms with Gasteiger partial charge < -0.3 is 14.6 Å². The Balaban J connectivity index is 1.83. The average Bonchev–Trinajstić information content (AvgIpc) is 3.01. The monoisotopic (exact) mass is 281 g/mol. The highest BCUT2D eigenvalue weighted by molar-refractivity contribution is 5.92. The summed E-state index contributed by atoms with van der Waals surface area (Å²) < 4.78 is 2.06. The van der Waals surface area contributed by atoms with Crippen molar-refractivity contribution in [2.45, 2.75) is 19.7 Å². The van der Waals surface area contributed by atoms with Crippen LogP contribution in [0.1, 0.15) is 11.5 Å². The minimum atomic E-state index is -0.0537. The van der Waals surface area contributed by atoms with Crippen molar-refractivity contribution < 1.29 is 5.11 Å². The summed E-state index contributed by atoms with van der Waals surface area (Å²) in [5.41, 5.74) is 0.691. The first-order valence-corrected chi connectivity index (χ1v) is 6.96. The summed E-state index contributed by atoms with van der Waals surface area (Å²) in [7, 11) is 0. The number of hydrogen-bond acceptors (Lipinski definition) is 5. The van der Waals surface area contributed by atoms with E-state index in [-0.39, 0.29) is 6.61 Å². The van der Waals surface area contributed by atoms with Crippen molar-refractivity contribution in [3.05, 3.63) is 48.2 Å². The molecule has 0 bridgehead atoms. The van der Waals surface area contributed by atoms with Crippen LogP contribution < -0.4 is 4.90 Å². The standard InChI is InChI=1S/C15H15N5O/c21-9-12-7-11-3-1-2-4-13(11)15(17-12)19-5-6-20-10-16-18-14(20)8-19/h1-4,7,10,21H,5-6,8-9H2. The zero-order valence-corrected chi connectivity index (χ0v) is 11.5. The van der Waals surface area contributed by atoms with E-state index in [9.17, 15) is 5.11 Å². The van der Waals surface area contributed by atoms with E-state index in [1.165, 1.54) is 0 Å². The molecular weight excluding hydrogens is 266 g/mol. The van der Waals surface area contributed by atoms with Crippen molar-refractivity contribution in [2.24, 2.45) is 0 Å². The second-order valence-electron chi connectivity index (χ2n) is 5.18. The first kappa shape index (κ1) is 12.3. The van der Waals surface area contributed by atoms with Gasteiger partial charge in [-0.1, -0.05) is 24.3 Å². The molecule has 3 aromatic rings. The third-order valence-corrected chi connectivity index (χ3v) is 3.87. The molecule has 0 saturated carbocycles. The summed E-state index contributed by atoms with van der Waals surface area (Å²) in [6, 6.07) is 10.1. The van der Waals surface area contributed by atoms with Crippen LogP contribution in [0, 0.1) is 0 Å². The van der Waals surface area contributed by atoms with Crippen molar-refractivity contribution in [3.63, 3.8) is 0 Å². The summed E-state index contributed by atoms with van der Waals surface area (Å²) in [4.78, 5) is 6.82. The number of hydrogen-bond donors (Lipinski definition) is 1.